The van der Waals surface area contributed by atoms with Gasteiger partial charge in [-0.05, 0) is 19.1 Å². The summed E-state index contributed by atoms with van der Waals surface area (Å²) in [6.07, 6.45) is -0.0925. The number of ether oxygens (including phenoxy) is 2. The maximum atomic E-state index is 12.6. The summed E-state index contributed by atoms with van der Waals surface area (Å²) in [6, 6.07) is 12.0. The number of anilines is 2. The average Bonchev–Trinajstić information content (AvgIpc) is 3.27. The topological polar surface area (TPSA) is 107 Å². The van der Waals surface area contributed by atoms with E-state index in [1.807, 2.05) is 31.2 Å². The van der Waals surface area contributed by atoms with Crippen LogP contribution in [0.25, 0.3) is 11.4 Å². The monoisotopic (exact) mass is 407 g/mol. The van der Waals surface area contributed by atoms with Gasteiger partial charge < -0.3 is 14.8 Å². The van der Waals surface area contributed by atoms with E-state index in [9.17, 15) is 9.59 Å². The van der Waals surface area contributed by atoms with Crippen LogP contribution < -0.4 is 20.1 Å². The number of carbonyl (C=O) groups is 2. The number of carbonyl (C=O) groups excluding carboxylic acids is 2. The van der Waals surface area contributed by atoms with Crippen LogP contribution in [0.3, 0.4) is 0 Å². The van der Waals surface area contributed by atoms with Crippen molar-refractivity contribution in [2.24, 2.45) is 0 Å². The molecule has 9 heteroatoms. The molecule has 30 heavy (non-hydrogen) atoms. The lowest BCUT2D eigenvalue weighted by molar-refractivity contribution is -0.123. The summed E-state index contributed by atoms with van der Waals surface area (Å²) in [4.78, 5) is 29.4. The third kappa shape index (κ3) is 3.69. The average molecular weight is 407 g/mol. The van der Waals surface area contributed by atoms with Crippen molar-refractivity contribution in [2.45, 2.75) is 19.4 Å². The minimum atomic E-state index is -0.782. The summed E-state index contributed by atoms with van der Waals surface area (Å²) >= 11 is 0. The van der Waals surface area contributed by atoms with Crippen molar-refractivity contribution in [1.29, 1.82) is 0 Å². The number of amides is 2. The van der Waals surface area contributed by atoms with Crippen LogP contribution in [0.15, 0.2) is 42.5 Å². The Balaban J connectivity index is 1.51. The zero-order chi connectivity index (χ0) is 21.3. The summed E-state index contributed by atoms with van der Waals surface area (Å²) in [6.45, 7) is 2.00. The highest BCUT2D eigenvalue weighted by molar-refractivity contribution is 6.01. The molecule has 0 bridgehead atoms. The van der Waals surface area contributed by atoms with E-state index < -0.39 is 6.04 Å². The molecule has 2 heterocycles. The van der Waals surface area contributed by atoms with E-state index in [1.54, 1.807) is 25.3 Å². The molecule has 1 aromatic heterocycles. The number of benzene rings is 2. The van der Waals surface area contributed by atoms with Crippen LogP contribution in [0.2, 0.25) is 0 Å². The number of hydrogen-bond acceptors (Lipinski definition) is 6. The number of aryl methyl sites for hydroxylation is 1. The van der Waals surface area contributed by atoms with Gasteiger partial charge in [-0.3, -0.25) is 14.9 Å². The Morgan fingerprint density at radius 2 is 1.93 bits per heavy atom. The van der Waals surface area contributed by atoms with Crippen LogP contribution in [0.4, 0.5) is 11.6 Å². The Kier molecular flexibility index (Phi) is 5.09. The molecule has 0 aliphatic carbocycles. The van der Waals surface area contributed by atoms with Crippen molar-refractivity contribution < 1.29 is 19.1 Å². The first-order valence-electron chi connectivity index (χ1n) is 9.35. The molecule has 0 unspecified atom stereocenters. The molecule has 154 valence electrons. The fourth-order valence-electron chi connectivity index (χ4n) is 3.21. The number of nitrogens with zero attached hydrogens (tertiary/aromatic N) is 3. The van der Waals surface area contributed by atoms with Crippen molar-refractivity contribution in [3.05, 3.63) is 48.0 Å². The van der Waals surface area contributed by atoms with E-state index in [-0.39, 0.29) is 18.2 Å². The first kappa shape index (κ1) is 19.4. The predicted molar refractivity (Wildman–Crippen MR) is 111 cm³/mol. The van der Waals surface area contributed by atoms with Crippen LogP contribution in [-0.4, -0.2) is 40.8 Å². The molecule has 2 N–H and O–H groups in total. The van der Waals surface area contributed by atoms with Gasteiger partial charge in [-0.2, -0.15) is 4.98 Å². The van der Waals surface area contributed by atoms with E-state index in [0.29, 0.717) is 29.0 Å². The van der Waals surface area contributed by atoms with E-state index in [2.05, 4.69) is 20.7 Å². The Morgan fingerprint density at radius 3 is 2.63 bits per heavy atom. The molecule has 1 aliphatic heterocycles. The third-order valence-corrected chi connectivity index (χ3v) is 4.84. The number of nitrogens with one attached hydrogen (secondary N) is 2. The Hall–Kier alpha value is -3.88. The molecule has 2 amide bonds. The summed E-state index contributed by atoms with van der Waals surface area (Å²) < 4.78 is 11.9. The number of rotatable bonds is 6. The van der Waals surface area contributed by atoms with Gasteiger partial charge in [-0.1, -0.05) is 29.8 Å². The Bertz CT molecular complexity index is 1110. The van der Waals surface area contributed by atoms with Crippen LogP contribution in [0, 0.1) is 6.92 Å². The molecule has 2 aromatic carbocycles. The molecule has 0 saturated carbocycles. The maximum absolute atomic E-state index is 12.6. The molecule has 4 rings (SSSR count). The van der Waals surface area contributed by atoms with Crippen molar-refractivity contribution in [1.82, 2.24) is 14.8 Å². The lowest BCUT2D eigenvalue weighted by Gasteiger charge is -2.13. The SMILES string of the molecule is COc1ccc(NC(=O)C[C@H]2C(=O)Nc3nc(-c4ccc(C)cc4)nn32)c(OC)c1. The molecule has 0 fully saturated rings. The standard InChI is InChI=1S/C21H21N5O4/c1-12-4-6-13(7-5-12)19-23-21-24-20(28)16(26(21)25-19)11-18(27)22-15-9-8-14(29-2)10-17(15)30-3/h4-10,16H,11H2,1-3H3,(H,22,27)(H,23,24,25,28)/t16-/m0/s1. The Morgan fingerprint density at radius 1 is 1.17 bits per heavy atom. The van der Waals surface area contributed by atoms with E-state index >= 15 is 0 Å². The smallest absolute Gasteiger partial charge is 0.252 e. The second-order valence-corrected chi connectivity index (χ2v) is 6.89. The highest BCUT2D eigenvalue weighted by Crippen LogP contribution is 2.31. The molecule has 0 radical (unpaired) electrons. The quantitative estimate of drug-likeness (QED) is 0.651. The van der Waals surface area contributed by atoms with Crippen molar-refractivity contribution in [3.63, 3.8) is 0 Å². The van der Waals surface area contributed by atoms with Crippen molar-refractivity contribution in [3.8, 4) is 22.9 Å². The highest BCUT2D eigenvalue weighted by atomic mass is 16.5. The molecule has 9 nitrogen and oxygen atoms in total. The largest absolute Gasteiger partial charge is 0.497 e. The van der Waals surface area contributed by atoms with E-state index in [0.717, 1.165) is 11.1 Å². The number of aromatic nitrogens is 3. The second-order valence-electron chi connectivity index (χ2n) is 6.89. The molecule has 0 spiro atoms. The van der Waals surface area contributed by atoms with Gasteiger partial charge in [0, 0.05) is 11.6 Å². The molecule has 1 aliphatic rings. The van der Waals surface area contributed by atoms with Crippen LogP contribution in [0.5, 0.6) is 11.5 Å². The van der Waals surface area contributed by atoms with Gasteiger partial charge in [0.15, 0.2) is 5.82 Å². The van der Waals surface area contributed by atoms with Gasteiger partial charge in [0.05, 0.1) is 26.3 Å². The lowest BCUT2D eigenvalue weighted by Crippen LogP contribution is -2.24. The fourth-order valence-corrected chi connectivity index (χ4v) is 3.21. The van der Waals surface area contributed by atoms with E-state index in [1.165, 1.54) is 11.8 Å². The molecular formula is C21H21N5O4. The minimum absolute atomic E-state index is 0.0925. The number of fused-ring (bicyclic) bond motifs is 1. The zero-order valence-corrected chi connectivity index (χ0v) is 16.8. The summed E-state index contributed by atoms with van der Waals surface area (Å²) in [5.41, 5.74) is 2.45. The van der Waals surface area contributed by atoms with E-state index in [4.69, 9.17) is 9.47 Å². The highest BCUT2D eigenvalue weighted by Gasteiger charge is 2.35. The summed E-state index contributed by atoms with van der Waals surface area (Å²) in [7, 11) is 3.05. The maximum Gasteiger partial charge on any atom is 0.252 e. The predicted octanol–water partition coefficient (Wildman–Crippen LogP) is 2.79. The Labute approximate surface area is 173 Å². The number of methoxy groups -OCH3 is 2. The third-order valence-electron chi connectivity index (χ3n) is 4.84. The molecule has 0 saturated heterocycles. The van der Waals surface area contributed by atoms with Crippen LogP contribution in [0.1, 0.15) is 18.0 Å². The molecule has 3 aromatic rings. The van der Waals surface area contributed by atoms with Gasteiger partial charge in [-0.25, -0.2) is 4.68 Å². The summed E-state index contributed by atoms with van der Waals surface area (Å²) in [5, 5.41) is 9.90. The van der Waals surface area contributed by atoms with Gasteiger partial charge >= 0.3 is 0 Å². The van der Waals surface area contributed by atoms with Crippen LogP contribution >= 0.6 is 0 Å². The first-order chi connectivity index (χ1) is 14.5. The molecular weight excluding hydrogens is 386 g/mol. The van der Waals surface area contributed by atoms with Crippen molar-refractivity contribution in [2.75, 3.05) is 24.9 Å². The van der Waals surface area contributed by atoms with Crippen LogP contribution in [-0.2, 0) is 9.59 Å². The minimum Gasteiger partial charge on any atom is -0.497 e. The van der Waals surface area contributed by atoms with Crippen molar-refractivity contribution >= 4 is 23.5 Å². The van der Waals surface area contributed by atoms with Gasteiger partial charge in [0.25, 0.3) is 5.91 Å². The first-order valence-corrected chi connectivity index (χ1v) is 9.35. The molecule has 1 atom stereocenters. The number of hydrogen-bond donors (Lipinski definition) is 2. The normalized spacial score (nSPS) is 14.8. The fraction of sp³-hybridized carbons (Fsp3) is 0.238. The second kappa shape index (κ2) is 7.86. The van der Waals surface area contributed by atoms with Gasteiger partial charge in [-0.15, -0.1) is 5.10 Å². The summed E-state index contributed by atoms with van der Waals surface area (Å²) in [5.74, 6) is 1.22. The zero-order valence-electron chi connectivity index (χ0n) is 16.8. The van der Waals surface area contributed by atoms with Gasteiger partial charge in [0.2, 0.25) is 11.9 Å². The lowest BCUT2D eigenvalue weighted by atomic mass is 10.1. The van der Waals surface area contributed by atoms with Gasteiger partial charge in [0.1, 0.15) is 17.5 Å².